The van der Waals surface area contributed by atoms with Crippen LogP contribution < -0.4 is 10.9 Å². The molecule has 3 aromatic rings. The molecule has 0 atom stereocenters. The number of carbonyl (C=O) groups is 1. The fraction of sp³-hybridized carbons (Fsp3) is 0. The number of hydrogen-bond donors (Lipinski definition) is 3. The van der Waals surface area contributed by atoms with Crippen molar-refractivity contribution in [1.29, 1.82) is 0 Å². The zero-order valence-electron chi connectivity index (χ0n) is 10.3. The van der Waals surface area contributed by atoms with Crippen LogP contribution in [-0.4, -0.2) is 16.1 Å². The van der Waals surface area contributed by atoms with Gasteiger partial charge in [0.2, 0.25) is 0 Å². The molecule has 0 aliphatic rings. The molecule has 2 aromatic heterocycles. The molecule has 0 spiro atoms. The Bertz CT molecular complexity index is 755. The van der Waals surface area contributed by atoms with Crippen molar-refractivity contribution >= 4 is 38.9 Å². The maximum atomic E-state index is 11.3. The highest BCUT2D eigenvalue weighted by Gasteiger charge is 2.15. The lowest BCUT2D eigenvalue weighted by Crippen LogP contribution is -2.13. The molecule has 0 radical (unpaired) electrons. The van der Waals surface area contributed by atoms with Gasteiger partial charge in [0.1, 0.15) is 5.56 Å². The molecule has 100 valence electrons. The zero-order valence-corrected chi connectivity index (χ0v) is 11.1. The molecule has 20 heavy (non-hydrogen) atoms. The number of pyridine rings is 1. The molecule has 5 nitrogen and oxygen atoms in total. The van der Waals surface area contributed by atoms with Crippen molar-refractivity contribution < 1.29 is 9.90 Å². The third-order valence-corrected chi connectivity index (χ3v) is 3.73. The van der Waals surface area contributed by atoms with Gasteiger partial charge in [0, 0.05) is 6.20 Å². The number of hydrogen-bond acceptors (Lipinski definition) is 5. The first-order valence-electron chi connectivity index (χ1n) is 5.92. The van der Waals surface area contributed by atoms with Gasteiger partial charge in [-0.2, -0.15) is 0 Å². The van der Waals surface area contributed by atoms with E-state index in [1.165, 1.54) is 17.5 Å². The van der Waals surface area contributed by atoms with Crippen molar-refractivity contribution in [2.24, 2.45) is 0 Å². The summed E-state index contributed by atoms with van der Waals surface area (Å²) in [7, 11) is 0. The maximum Gasteiger partial charge on any atom is 0.339 e. The normalized spacial score (nSPS) is 10.4. The Labute approximate surface area is 118 Å². The van der Waals surface area contributed by atoms with Gasteiger partial charge in [-0.15, -0.1) is 11.3 Å². The second-order valence-electron chi connectivity index (χ2n) is 4.10. The number of nitrogens with one attached hydrogen (secondary N) is 2. The number of carboxylic acid groups (broad SMARTS) is 1. The molecule has 0 unspecified atom stereocenters. The lowest BCUT2D eigenvalue weighted by molar-refractivity contribution is 0.0697. The summed E-state index contributed by atoms with van der Waals surface area (Å²) in [5.74, 6) is -1.01. The number of fused-ring (bicyclic) bond motifs is 1. The average Bonchev–Trinajstić information content (AvgIpc) is 2.94. The zero-order chi connectivity index (χ0) is 13.9. The van der Waals surface area contributed by atoms with E-state index in [-0.39, 0.29) is 5.56 Å². The second kappa shape index (κ2) is 5.18. The molecule has 0 bridgehead atoms. The third kappa shape index (κ3) is 2.28. The minimum absolute atomic E-state index is 0.142. The molecule has 0 amide bonds. The highest BCUT2D eigenvalue weighted by molar-refractivity contribution is 7.17. The number of hydrazine groups is 1. The number of benzene rings is 1. The smallest absolute Gasteiger partial charge is 0.339 e. The number of aromatic nitrogens is 1. The summed E-state index contributed by atoms with van der Waals surface area (Å²) in [5, 5.41) is 11.1. The Morgan fingerprint density at radius 2 is 1.95 bits per heavy atom. The monoisotopic (exact) mass is 285 g/mol. The van der Waals surface area contributed by atoms with Crippen molar-refractivity contribution in [3.8, 4) is 0 Å². The van der Waals surface area contributed by atoms with Crippen LogP contribution in [0.4, 0.5) is 11.4 Å². The molecule has 2 heterocycles. The fourth-order valence-electron chi connectivity index (χ4n) is 1.85. The van der Waals surface area contributed by atoms with Gasteiger partial charge in [-0.25, -0.2) is 4.79 Å². The molecular weight excluding hydrogens is 274 g/mol. The SMILES string of the molecule is O=C(O)c1cnc2ccsc2c1NNc1ccccc1. The van der Waals surface area contributed by atoms with Crippen molar-refractivity contribution in [2.75, 3.05) is 10.9 Å². The molecule has 3 N–H and O–H groups in total. The Hall–Kier alpha value is -2.60. The van der Waals surface area contributed by atoms with Crippen LogP contribution in [0.2, 0.25) is 0 Å². The molecule has 0 aliphatic carbocycles. The van der Waals surface area contributed by atoms with Crippen LogP contribution in [0, 0.1) is 0 Å². The predicted molar refractivity (Wildman–Crippen MR) is 80.3 cm³/mol. The van der Waals surface area contributed by atoms with E-state index in [0.717, 1.165) is 15.9 Å². The van der Waals surface area contributed by atoms with E-state index < -0.39 is 5.97 Å². The van der Waals surface area contributed by atoms with Crippen LogP contribution >= 0.6 is 11.3 Å². The fourth-order valence-corrected chi connectivity index (χ4v) is 2.71. The summed E-state index contributed by atoms with van der Waals surface area (Å²) in [6, 6.07) is 11.3. The summed E-state index contributed by atoms with van der Waals surface area (Å²) < 4.78 is 0.813. The van der Waals surface area contributed by atoms with Crippen LogP contribution in [0.25, 0.3) is 10.2 Å². The summed E-state index contributed by atoms with van der Waals surface area (Å²) in [6.07, 6.45) is 1.37. The molecule has 0 saturated heterocycles. The van der Waals surface area contributed by atoms with E-state index in [1.54, 1.807) is 0 Å². The topological polar surface area (TPSA) is 74.2 Å². The summed E-state index contributed by atoms with van der Waals surface area (Å²) in [5.41, 5.74) is 8.28. The quantitative estimate of drug-likeness (QED) is 0.640. The number of nitrogens with zero attached hydrogens (tertiary/aromatic N) is 1. The average molecular weight is 285 g/mol. The van der Waals surface area contributed by atoms with Crippen molar-refractivity contribution in [2.45, 2.75) is 0 Å². The van der Waals surface area contributed by atoms with Gasteiger partial charge in [0.25, 0.3) is 0 Å². The van der Waals surface area contributed by atoms with E-state index in [9.17, 15) is 9.90 Å². The lowest BCUT2D eigenvalue weighted by Gasteiger charge is -2.12. The van der Waals surface area contributed by atoms with Gasteiger partial charge in [-0.3, -0.25) is 10.4 Å². The van der Waals surface area contributed by atoms with E-state index in [2.05, 4.69) is 15.8 Å². The van der Waals surface area contributed by atoms with Crippen LogP contribution in [0.3, 0.4) is 0 Å². The standard InChI is InChI=1S/C14H11N3O2S/c18-14(19)10-8-15-11-6-7-20-13(11)12(10)17-16-9-4-2-1-3-5-9/h1-8,16H,(H,15,17)(H,18,19). The summed E-state index contributed by atoms with van der Waals surface area (Å²) in [4.78, 5) is 15.4. The molecule has 0 fully saturated rings. The minimum Gasteiger partial charge on any atom is -0.478 e. The highest BCUT2D eigenvalue weighted by atomic mass is 32.1. The Balaban J connectivity index is 1.98. The van der Waals surface area contributed by atoms with Gasteiger partial charge in [-0.05, 0) is 23.6 Å². The van der Waals surface area contributed by atoms with E-state index in [0.29, 0.717) is 5.69 Å². The van der Waals surface area contributed by atoms with Crippen LogP contribution in [0.15, 0.2) is 48.0 Å². The van der Waals surface area contributed by atoms with Crippen LogP contribution in [0.5, 0.6) is 0 Å². The van der Waals surface area contributed by atoms with Crippen molar-refractivity contribution in [1.82, 2.24) is 4.98 Å². The Kier molecular flexibility index (Phi) is 3.22. The van der Waals surface area contributed by atoms with Gasteiger partial charge in [0.15, 0.2) is 0 Å². The lowest BCUT2D eigenvalue weighted by atomic mass is 10.2. The van der Waals surface area contributed by atoms with Gasteiger partial charge in [-0.1, -0.05) is 18.2 Å². The van der Waals surface area contributed by atoms with Crippen LogP contribution in [0.1, 0.15) is 10.4 Å². The molecule has 6 heteroatoms. The largest absolute Gasteiger partial charge is 0.478 e. The molecule has 0 saturated carbocycles. The van der Waals surface area contributed by atoms with E-state index in [1.807, 2.05) is 41.8 Å². The minimum atomic E-state index is -1.01. The Morgan fingerprint density at radius 3 is 2.70 bits per heavy atom. The van der Waals surface area contributed by atoms with Gasteiger partial charge in [0.05, 0.1) is 21.6 Å². The Morgan fingerprint density at radius 1 is 1.15 bits per heavy atom. The number of carboxylic acids is 1. The second-order valence-corrected chi connectivity index (χ2v) is 5.02. The molecule has 0 aliphatic heterocycles. The van der Waals surface area contributed by atoms with Gasteiger partial charge < -0.3 is 10.5 Å². The predicted octanol–water partition coefficient (Wildman–Crippen LogP) is 3.43. The number of anilines is 2. The molecule has 1 aromatic carbocycles. The first kappa shape index (κ1) is 12.4. The first-order chi connectivity index (χ1) is 9.75. The van der Waals surface area contributed by atoms with Crippen molar-refractivity contribution in [3.05, 3.63) is 53.5 Å². The van der Waals surface area contributed by atoms with E-state index >= 15 is 0 Å². The summed E-state index contributed by atoms with van der Waals surface area (Å²) >= 11 is 1.45. The first-order valence-corrected chi connectivity index (χ1v) is 6.80. The number of aromatic carboxylic acids is 1. The number of para-hydroxylation sites is 1. The molecular formula is C14H11N3O2S. The number of rotatable bonds is 4. The number of thiophene rings is 1. The van der Waals surface area contributed by atoms with E-state index in [4.69, 9.17) is 0 Å². The molecule has 3 rings (SSSR count). The maximum absolute atomic E-state index is 11.3. The van der Waals surface area contributed by atoms with Crippen molar-refractivity contribution in [3.63, 3.8) is 0 Å². The van der Waals surface area contributed by atoms with Gasteiger partial charge >= 0.3 is 5.97 Å². The highest BCUT2D eigenvalue weighted by Crippen LogP contribution is 2.30. The van der Waals surface area contributed by atoms with Crippen LogP contribution in [-0.2, 0) is 0 Å². The third-order valence-electron chi connectivity index (χ3n) is 2.81. The summed E-state index contributed by atoms with van der Waals surface area (Å²) in [6.45, 7) is 0.